The van der Waals surface area contributed by atoms with Crippen molar-refractivity contribution in [3.05, 3.63) is 0 Å². The largest absolute Gasteiger partial charge is 0.391 e. The lowest BCUT2D eigenvalue weighted by atomic mass is 9.98. The molecule has 2 heterocycles. The first-order valence-electron chi connectivity index (χ1n) is 9.53. The topological polar surface area (TPSA) is 64.1 Å². The maximum Gasteiger partial charge on any atom is 0.224 e. The molecule has 0 aromatic carbocycles. The van der Waals surface area contributed by atoms with Gasteiger partial charge in [0, 0.05) is 58.2 Å². The van der Waals surface area contributed by atoms with Crippen molar-refractivity contribution < 1.29 is 14.7 Å². The number of aliphatic hydroxyl groups is 1. The van der Waals surface area contributed by atoms with E-state index < -0.39 is 0 Å². The Labute approximate surface area is 144 Å². The minimum Gasteiger partial charge on any atom is -0.391 e. The number of nitrogens with zero attached hydrogens (tertiary/aromatic N) is 3. The molecule has 136 valence electrons. The summed E-state index contributed by atoms with van der Waals surface area (Å²) in [6.07, 6.45) is 6.45. The van der Waals surface area contributed by atoms with Crippen LogP contribution in [-0.4, -0.2) is 82.5 Å². The average molecular weight is 337 g/mol. The van der Waals surface area contributed by atoms with Gasteiger partial charge in [-0.1, -0.05) is 0 Å². The zero-order valence-electron chi connectivity index (χ0n) is 14.8. The summed E-state index contributed by atoms with van der Waals surface area (Å²) in [4.78, 5) is 30.6. The Balaban J connectivity index is 1.49. The molecule has 3 atom stereocenters. The van der Waals surface area contributed by atoms with Gasteiger partial charge in [0.2, 0.25) is 11.8 Å². The fraction of sp³-hybridized carbons (Fsp3) is 0.889. The molecule has 2 aliphatic heterocycles. The first-order chi connectivity index (χ1) is 11.6. The zero-order valence-corrected chi connectivity index (χ0v) is 14.8. The van der Waals surface area contributed by atoms with Gasteiger partial charge in [0.25, 0.3) is 0 Å². The van der Waals surface area contributed by atoms with Crippen molar-refractivity contribution >= 4 is 11.8 Å². The quantitative estimate of drug-likeness (QED) is 0.829. The summed E-state index contributed by atoms with van der Waals surface area (Å²) < 4.78 is 0. The van der Waals surface area contributed by atoms with Gasteiger partial charge in [-0.05, 0) is 38.5 Å². The Morgan fingerprint density at radius 2 is 1.71 bits per heavy atom. The maximum atomic E-state index is 12.6. The number of hydrogen-bond donors (Lipinski definition) is 1. The molecule has 3 unspecified atom stereocenters. The van der Waals surface area contributed by atoms with Crippen molar-refractivity contribution in [1.82, 2.24) is 14.7 Å². The normalized spacial score (nSPS) is 32.2. The minimum absolute atomic E-state index is 0.0819. The third kappa shape index (κ3) is 3.91. The first kappa shape index (κ1) is 17.7. The third-order valence-corrected chi connectivity index (χ3v) is 6.02. The van der Waals surface area contributed by atoms with Gasteiger partial charge in [-0.25, -0.2) is 0 Å². The fourth-order valence-electron chi connectivity index (χ4n) is 4.61. The summed E-state index contributed by atoms with van der Waals surface area (Å²) in [7, 11) is 0. The van der Waals surface area contributed by atoms with E-state index in [2.05, 4.69) is 4.90 Å². The molecule has 2 saturated heterocycles. The molecule has 1 N–H and O–H groups in total. The number of piperazine rings is 1. The summed E-state index contributed by atoms with van der Waals surface area (Å²) in [5, 5.41) is 10.1. The molecule has 0 aromatic rings. The average Bonchev–Trinajstić information content (AvgIpc) is 3.01. The summed E-state index contributed by atoms with van der Waals surface area (Å²) in [5.41, 5.74) is 0. The van der Waals surface area contributed by atoms with E-state index in [0.29, 0.717) is 6.42 Å². The Morgan fingerprint density at radius 3 is 2.33 bits per heavy atom. The lowest BCUT2D eigenvalue weighted by molar-refractivity contribution is -0.138. The van der Waals surface area contributed by atoms with Crippen LogP contribution in [0.1, 0.15) is 51.9 Å². The van der Waals surface area contributed by atoms with E-state index in [9.17, 15) is 14.7 Å². The molecular formula is C18H31N3O3. The van der Waals surface area contributed by atoms with E-state index in [1.165, 1.54) is 0 Å². The molecule has 3 rings (SSSR count). The highest BCUT2D eigenvalue weighted by molar-refractivity contribution is 5.79. The van der Waals surface area contributed by atoms with Crippen LogP contribution in [0.2, 0.25) is 0 Å². The van der Waals surface area contributed by atoms with Crippen LogP contribution in [0.5, 0.6) is 0 Å². The van der Waals surface area contributed by atoms with Crippen LogP contribution in [0.15, 0.2) is 0 Å². The smallest absolute Gasteiger partial charge is 0.224 e. The number of amides is 2. The molecule has 24 heavy (non-hydrogen) atoms. The van der Waals surface area contributed by atoms with Crippen molar-refractivity contribution in [2.24, 2.45) is 0 Å². The Morgan fingerprint density at radius 1 is 0.958 bits per heavy atom. The number of carbonyl (C=O) groups excluding carboxylic acids is 2. The summed E-state index contributed by atoms with van der Waals surface area (Å²) in [6.45, 7) is 5.60. The number of hydrogen-bond acceptors (Lipinski definition) is 4. The van der Waals surface area contributed by atoms with Gasteiger partial charge in [0.05, 0.1) is 6.10 Å². The molecule has 0 spiro atoms. The van der Waals surface area contributed by atoms with Crippen LogP contribution in [0, 0.1) is 0 Å². The third-order valence-electron chi connectivity index (χ3n) is 6.02. The molecular weight excluding hydrogens is 306 g/mol. The van der Waals surface area contributed by atoms with Crippen molar-refractivity contribution in [2.75, 3.05) is 32.7 Å². The molecule has 0 radical (unpaired) electrons. The molecule has 6 nitrogen and oxygen atoms in total. The highest BCUT2D eigenvalue weighted by atomic mass is 16.3. The van der Waals surface area contributed by atoms with Gasteiger partial charge >= 0.3 is 0 Å². The zero-order chi connectivity index (χ0) is 17.1. The van der Waals surface area contributed by atoms with Crippen LogP contribution in [0.4, 0.5) is 0 Å². The van der Waals surface area contributed by atoms with Crippen LogP contribution in [0.3, 0.4) is 0 Å². The number of aliphatic hydroxyl groups excluding tert-OH is 1. The van der Waals surface area contributed by atoms with E-state index in [-0.39, 0.29) is 30.0 Å². The number of likely N-dealkylation sites (tertiary alicyclic amines) is 1. The Kier molecular flexibility index (Phi) is 5.76. The maximum absolute atomic E-state index is 12.6. The van der Waals surface area contributed by atoms with E-state index in [0.717, 1.165) is 71.2 Å². The molecule has 1 aliphatic carbocycles. The van der Waals surface area contributed by atoms with Crippen LogP contribution in [0.25, 0.3) is 0 Å². The van der Waals surface area contributed by atoms with Crippen molar-refractivity contribution in [2.45, 2.75) is 70.1 Å². The van der Waals surface area contributed by atoms with Gasteiger partial charge in [-0.3, -0.25) is 14.5 Å². The number of carbonyl (C=O) groups is 2. The van der Waals surface area contributed by atoms with Gasteiger partial charge in [0.1, 0.15) is 0 Å². The number of piperidine rings is 1. The lowest BCUT2D eigenvalue weighted by Gasteiger charge is -2.40. The lowest BCUT2D eigenvalue weighted by Crippen LogP contribution is -2.54. The van der Waals surface area contributed by atoms with Gasteiger partial charge in [-0.15, -0.1) is 0 Å². The van der Waals surface area contributed by atoms with E-state index in [4.69, 9.17) is 0 Å². The number of rotatable bonds is 3. The Bertz CT molecular complexity index is 462. The van der Waals surface area contributed by atoms with Gasteiger partial charge in [0.15, 0.2) is 0 Å². The van der Waals surface area contributed by atoms with Crippen LogP contribution in [-0.2, 0) is 9.59 Å². The van der Waals surface area contributed by atoms with Crippen LogP contribution < -0.4 is 0 Å². The molecule has 3 fully saturated rings. The van der Waals surface area contributed by atoms with E-state index >= 15 is 0 Å². The molecule has 0 aromatic heterocycles. The first-order valence-corrected chi connectivity index (χ1v) is 9.53. The van der Waals surface area contributed by atoms with E-state index in [1.54, 1.807) is 6.92 Å². The van der Waals surface area contributed by atoms with Crippen molar-refractivity contribution in [1.29, 1.82) is 0 Å². The molecule has 3 aliphatic rings. The summed E-state index contributed by atoms with van der Waals surface area (Å²) in [6, 6.07) is 0.368. The second-order valence-electron chi connectivity index (χ2n) is 7.55. The van der Waals surface area contributed by atoms with Gasteiger partial charge < -0.3 is 14.9 Å². The molecule has 0 bridgehead atoms. The molecule has 1 saturated carbocycles. The predicted molar refractivity (Wildman–Crippen MR) is 91.4 cm³/mol. The Hall–Kier alpha value is -1.14. The summed E-state index contributed by atoms with van der Waals surface area (Å²) in [5.74, 6) is 0.271. The van der Waals surface area contributed by atoms with Crippen LogP contribution >= 0.6 is 0 Å². The second kappa shape index (κ2) is 7.83. The SMILES string of the molecule is CC(=O)N1CCCCC1CC(=O)N1CCN(C2CCCC2O)CC1. The highest BCUT2D eigenvalue weighted by Gasteiger charge is 2.34. The second-order valence-corrected chi connectivity index (χ2v) is 7.55. The fourth-order valence-corrected chi connectivity index (χ4v) is 4.61. The van der Waals surface area contributed by atoms with Crippen molar-refractivity contribution in [3.63, 3.8) is 0 Å². The minimum atomic E-state index is -0.196. The summed E-state index contributed by atoms with van der Waals surface area (Å²) >= 11 is 0. The van der Waals surface area contributed by atoms with Gasteiger partial charge in [-0.2, -0.15) is 0 Å². The highest BCUT2D eigenvalue weighted by Crippen LogP contribution is 2.26. The standard InChI is InChI=1S/C18H31N3O3/c1-14(22)21-8-3-2-5-15(21)13-18(24)20-11-9-19(10-12-20)16-6-4-7-17(16)23/h15-17,23H,2-13H2,1H3. The molecule has 6 heteroatoms. The van der Waals surface area contributed by atoms with Crippen molar-refractivity contribution in [3.8, 4) is 0 Å². The predicted octanol–water partition coefficient (Wildman–Crippen LogP) is 0.835. The monoisotopic (exact) mass is 337 g/mol. The van der Waals surface area contributed by atoms with E-state index in [1.807, 2.05) is 9.80 Å². The molecule has 2 amide bonds.